The van der Waals surface area contributed by atoms with Crippen LogP contribution in [0.4, 0.5) is 0 Å². The zero-order valence-corrected chi connectivity index (χ0v) is 21.8. The number of carbonyl (C=O) groups excluding carboxylic acids is 3. The smallest absolute Gasteiger partial charge is 0.336 e. The van der Waals surface area contributed by atoms with Crippen molar-refractivity contribution in [1.82, 2.24) is 5.32 Å². The molecule has 9 heteroatoms. The summed E-state index contributed by atoms with van der Waals surface area (Å²) in [6.07, 6.45) is 0.458. The van der Waals surface area contributed by atoms with E-state index in [2.05, 4.69) is 21.2 Å². The predicted octanol–water partition coefficient (Wildman–Crippen LogP) is 4.03. The van der Waals surface area contributed by atoms with Crippen molar-refractivity contribution in [3.05, 3.63) is 44.7 Å². The average Bonchev–Trinajstić information content (AvgIpc) is 2.79. The zero-order chi connectivity index (χ0) is 25.2. The Hall–Kier alpha value is -2.81. The van der Waals surface area contributed by atoms with Gasteiger partial charge in [-0.05, 0) is 66.7 Å². The van der Waals surface area contributed by atoms with Crippen molar-refractivity contribution >= 4 is 33.7 Å². The zero-order valence-electron chi connectivity index (χ0n) is 20.2. The van der Waals surface area contributed by atoms with Crippen LogP contribution in [0.2, 0.25) is 0 Å². The molecule has 3 atom stereocenters. The van der Waals surface area contributed by atoms with Gasteiger partial charge in [0.15, 0.2) is 17.3 Å². The van der Waals surface area contributed by atoms with Gasteiger partial charge in [0.1, 0.15) is 5.92 Å². The van der Waals surface area contributed by atoms with E-state index in [9.17, 15) is 14.4 Å². The molecule has 1 aliphatic heterocycles. The van der Waals surface area contributed by atoms with Crippen LogP contribution in [0.5, 0.6) is 11.5 Å². The van der Waals surface area contributed by atoms with Gasteiger partial charge in [0.2, 0.25) is 0 Å². The van der Waals surface area contributed by atoms with Crippen molar-refractivity contribution in [3.8, 4) is 11.5 Å². The fourth-order valence-electron chi connectivity index (χ4n) is 4.68. The maximum Gasteiger partial charge on any atom is 0.336 e. The summed E-state index contributed by atoms with van der Waals surface area (Å²) in [5.41, 5.74) is 2.60. The Morgan fingerprint density at radius 3 is 2.47 bits per heavy atom. The average molecular weight is 536 g/mol. The van der Waals surface area contributed by atoms with E-state index in [4.69, 9.17) is 18.9 Å². The fourth-order valence-corrected chi connectivity index (χ4v) is 5.26. The van der Waals surface area contributed by atoms with Crippen LogP contribution in [0, 0.1) is 11.8 Å². The number of hydrogen-bond donors (Lipinski definition) is 1. The predicted molar refractivity (Wildman–Crippen MR) is 128 cm³/mol. The molecule has 0 unspecified atom stereocenters. The van der Waals surface area contributed by atoms with Gasteiger partial charge in [-0.15, -0.1) is 0 Å². The number of benzene rings is 1. The van der Waals surface area contributed by atoms with Gasteiger partial charge in [-0.2, -0.15) is 0 Å². The minimum absolute atomic E-state index is 0.181. The summed E-state index contributed by atoms with van der Waals surface area (Å²) in [5, 5.41) is 3.24. The molecule has 1 N–H and O–H groups in total. The molecule has 0 fully saturated rings. The topological polar surface area (TPSA) is 100 Å². The quantitative estimate of drug-likeness (QED) is 0.412. The van der Waals surface area contributed by atoms with Crippen LogP contribution in [0.15, 0.2) is 39.1 Å². The summed E-state index contributed by atoms with van der Waals surface area (Å²) in [4.78, 5) is 39.4. The first kappa shape index (κ1) is 25.8. The first-order valence-electron chi connectivity index (χ1n) is 11.2. The third-order valence-corrected chi connectivity index (χ3v) is 6.70. The second kappa shape index (κ2) is 10.6. The lowest BCUT2D eigenvalue weighted by molar-refractivity contribution is -0.151. The summed E-state index contributed by atoms with van der Waals surface area (Å²) in [6, 6.07) is 3.56. The van der Waals surface area contributed by atoms with Crippen LogP contribution in [-0.2, 0) is 23.9 Å². The maximum absolute atomic E-state index is 13.8. The molecule has 1 heterocycles. The molecule has 1 aromatic carbocycles. The Morgan fingerprint density at radius 2 is 1.88 bits per heavy atom. The Balaban J connectivity index is 2.26. The Labute approximate surface area is 207 Å². The molecule has 34 heavy (non-hydrogen) atoms. The maximum atomic E-state index is 13.8. The first-order valence-corrected chi connectivity index (χ1v) is 12.0. The fraction of sp³-hybridized carbons (Fsp3) is 0.480. The van der Waals surface area contributed by atoms with Crippen molar-refractivity contribution in [3.63, 3.8) is 0 Å². The first-order chi connectivity index (χ1) is 16.2. The van der Waals surface area contributed by atoms with Gasteiger partial charge >= 0.3 is 11.9 Å². The molecule has 0 amide bonds. The van der Waals surface area contributed by atoms with E-state index >= 15 is 0 Å². The molecule has 0 aromatic heterocycles. The molecule has 0 bridgehead atoms. The highest BCUT2D eigenvalue weighted by Crippen LogP contribution is 2.48. The van der Waals surface area contributed by atoms with Gasteiger partial charge in [0.05, 0.1) is 37.5 Å². The molecule has 184 valence electrons. The van der Waals surface area contributed by atoms with E-state index in [0.29, 0.717) is 57.1 Å². The van der Waals surface area contributed by atoms with Crippen LogP contribution in [0.1, 0.15) is 45.6 Å². The molecule has 8 nitrogen and oxygen atoms in total. The Bertz CT molecular complexity index is 1080. The normalized spacial score (nSPS) is 22.1. The summed E-state index contributed by atoms with van der Waals surface area (Å²) in [5.74, 6) is -2.49. The standard InChI is InChI=1S/C25H30BrNO7/c1-7-33-23-15(26)10-14(11-17(23)31-5)20-19(25(30)34-8-2)13(4)27-16-9-12(3)18(24(29)32-6)22(28)21(16)20/h10-12,18,20,27H,7-9H2,1-6H3/t12-,18-,20-/m0/s1. The van der Waals surface area contributed by atoms with Gasteiger partial charge in [-0.25, -0.2) is 4.79 Å². The van der Waals surface area contributed by atoms with Crippen LogP contribution in [0.3, 0.4) is 0 Å². The number of hydrogen-bond acceptors (Lipinski definition) is 8. The highest BCUT2D eigenvalue weighted by atomic mass is 79.9. The van der Waals surface area contributed by atoms with E-state index in [1.807, 2.05) is 13.8 Å². The Morgan fingerprint density at radius 1 is 1.18 bits per heavy atom. The van der Waals surface area contributed by atoms with Crippen LogP contribution < -0.4 is 14.8 Å². The molecule has 1 aromatic rings. The van der Waals surface area contributed by atoms with Crippen LogP contribution >= 0.6 is 15.9 Å². The highest BCUT2D eigenvalue weighted by molar-refractivity contribution is 9.10. The van der Waals surface area contributed by atoms with Crippen molar-refractivity contribution < 1.29 is 33.3 Å². The van der Waals surface area contributed by atoms with Crippen molar-refractivity contribution in [2.24, 2.45) is 11.8 Å². The molecule has 3 rings (SSSR count). The van der Waals surface area contributed by atoms with E-state index in [1.54, 1.807) is 26.0 Å². The van der Waals surface area contributed by atoms with Crippen LogP contribution in [-0.4, -0.2) is 45.2 Å². The van der Waals surface area contributed by atoms with E-state index < -0.39 is 23.8 Å². The monoisotopic (exact) mass is 535 g/mol. The second-order valence-corrected chi connectivity index (χ2v) is 9.08. The molecule has 0 radical (unpaired) electrons. The number of methoxy groups -OCH3 is 2. The number of halogens is 1. The van der Waals surface area contributed by atoms with E-state index in [-0.39, 0.29) is 18.3 Å². The number of esters is 2. The lowest BCUT2D eigenvalue weighted by Gasteiger charge is -2.38. The minimum Gasteiger partial charge on any atom is -0.493 e. The van der Waals surface area contributed by atoms with Crippen molar-refractivity contribution in [2.75, 3.05) is 27.4 Å². The number of nitrogens with one attached hydrogen (secondary N) is 1. The van der Waals surface area contributed by atoms with Gasteiger partial charge in [-0.1, -0.05) is 6.92 Å². The van der Waals surface area contributed by atoms with Crippen LogP contribution in [0.25, 0.3) is 0 Å². The second-order valence-electron chi connectivity index (χ2n) is 8.22. The molecule has 0 saturated heterocycles. The number of carbonyl (C=O) groups is 3. The number of ether oxygens (including phenoxy) is 4. The van der Waals surface area contributed by atoms with E-state index in [1.165, 1.54) is 14.2 Å². The largest absolute Gasteiger partial charge is 0.493 e. The third-order valence-electron chi connectivity index (χ3n) is 6.11. The number of Topliss-reactive ketones (excluding diaryl/α,β-unsaturated/α-hetero) is 1. The summed E-state index contributed by atoms with van der Waals surface area (Å²) in [7, 11) is 2.79. The number of ketones is 1. The van der Waals surface area contributed by atoms with Gasteiger partial charge in [0, 0.05) is 22.9 Å². The van der Waals surface area contributed by atoms with Crippen molar-refractivity contribution in [2.45, 2.75) is 40.0 Å². The lowest BCUT2D eigenvalue weighted by atomic mass is 9.69. The molecular formula is C25H30BrNO7. The molecule has 0 spiro atoms. The SMILES string of the molecule is CCOC(=O)C1=C(C)NC2=C(C(=O)[C@@H](C(=O)OC)[C@@H](C)C2)[C@H]1c1cc(Br)c(OCC)c(OC)c1. The summed E-state index contributed by atoms with van der Waals surface area (Å²) >= 11 is 3.54. The molecule has 2 aliphatic rings. The number of dihydropyridines is 1. The summed E-state index contributed by atoms with van der Waals surface area (Å²) < 4.78 is 22.2. The molecular weight excluding hydrogens is 506 g/mol. The minimum atomic E-state index is -0.956. The van der Waals surface area contributed by atoms with E-state index in [0.717, 1.165) is 0 Å². The Kier molecular flexibility index (Phi) is 8.07. The van der Waals surface area contributed by atoms with Crippen molar-refractivity contribution in [1.29, 1.82) is 0 Å². The summed E-state index contributed by atoms with van der Waals surface area (Å²) in [6.45, 7) is 7.83. The van der Waals surface area contributed by atoms with Gasteiger partial charge in [0.25, 0.3) is 0 Å². The van der Waals surface area contributed by atoms with Gasteiger partial charge < -0.3 is 24.3 Å². The highest BCUT2D eigenvalue weighted by Gasteiger charge is 2.47. The lowest BCUT2D eigenvalue weighted by Crippen LogP contribution is -2.43. The number of rotatable bonds is 7. The third kappa shape index (κ3) is 4.58. The molecule has 0 saturated carbocycles. The molecule has 1 aliphatic carbocycles. The number of allylic oxidation sites excluding steroid dienone is 3. The van der Waals surface area contributed by atoms with Gasteiger partial charge in [-0.3, -0.25) is 9.59 Å².